The number of hydrogen-bond acceptors (Lipinski definition) is 3. The second kappa shape index (κ2) is 4.27. The van der Waals surface area contributed by atoms with Gasteiger partial charge in [-0.25, -0.2) is 0 Å². The van der Waals surface area contributed by atoms with Gasteiger partial charge in [0, 0.05) is 28.6 Å². The van der Waals surface area contributed by atoms with Crippen LogP contribution in [0.25, 0.3) is 0 Å². The van der Waals surface area contributed by atoms with Gasteiger partial charge in [0.05, 0.1) is 6.20 Å². The largest absolute Gasteiger partial charge is 0.383 e. The minimum atomic E-state index is -0.565. The molecule has 0 aliphatic heterocycles. The third-order valence-electron chi connectivity index (χ3n) is 2.68. The van der Waals surface area contributed by atoms with E-state index >= 15 is 0 Å². The first-order valence-electron chi connectivity index (χ1n) is 5.65. The molecule has 0 saturated heterocycles. The maximum atomic E-state index is 10.2. The minimum Gasteiger partial charge on any atom is -0.383 e. The molecule has 0 aliphatic carbocycles. The Balaban J connectivity index is 2.26. The zero-order valence-electron chi connectivity index (χ0n) is 10.6. The van der Waals surface area contributed by atoms with Crippen LogP contribution in [-0.4, -0.2) is 14.9 Å². The molecule has 0 bridgehead atoms. The molecular formula is C13H18N2OS. The van der Waals surface area contributed by atoms with Crippen molar-refractivity contribution in [3.05, 3.63) is 39.8 Å². The van der Waals surface area contributed by atoms with Crippen molar-refractivity contribution in [3.8, 4) is 0 Å². The van der Waals surface area contributed by atoms with E-state index in [0.717, 1.165) is 10.4 Å². The van der Waals surface area contributed by atoms with Crippen molar-refractivity contribution in [3.63, 3.8) is 0 Å². The molecule has 0 aromatic carbocycles. The molecule has 0 aliphatic rings. The van der Waals surface area contributed by atoms with Crippen molar-refractivity contribution < 1.29 is 5.11 Å². The summed E-state index contributed by atoms with van der Waals surface area (Å²) in [5.41, 5.74) is 0.979. The lowest BCUT2D eigenvalue weighted by Gasteiger charge is -2.15. The maximum Gasteiger partial charge on any atom is 0.116 e. The summed E-state index contributed by atoms with van der Waals surface area (Å²) in [6, 6.07) is 4.10. The van der Waals surface area contributed by atoms with Gasteiger partial charge >= 0.3 is 0 Å². The summed E-state index contributed by atoms with van der Waals surface area (Å²) >= 11 is 1.66. The van der Waals surface area contributed by atoms with Crippen LogP contribution in [0.3, 0.4) is 0 Å². The lowest BCUT2D eigenvalue weighted by atomic mass is 9.95. The van der Waals surface area contributed by atoms with E-state index in [9.17, 15) is 5.11 Å². The third kappa shape index (κ3) is 2.58. The van der Waals surface area contributed by atoms with Crippen LogP contribution in [0.15, 0.2) is 24.5 Å². The Bertz CT molecular complexity index is 507. The summed E-state index contributed by atoms with van der Waals surface area (Å²) in [6.45, 7) is 6.54. The highest BCUT2D eigenvalue weighted by atomic mass is 32.1. The second-order valence-electron chi connectivity index (χ2n) is 5.30. The van der Waals surface area contributed by atoms with E-state index in [2.05, 4.69) is 31.9 Å². The summed E-state index contributed by atoms with van der Waals surface area (Å²) in [5, 5.41) is 14.3. The van der Waals surface area contributed by atoms with Crippen molar-refractivity contribution in [2.75, 3.05) is 0 Å². The van der Waals surface area contributed by atoms with Crippen molar-refractivity contribution in [1.82, 2.24) is 9.78 Å². The molecule has 1 N–H and O–H groups in total. The van der Waals surface area contributed by atoms with Crippen LogP contribution in [0, 0.1) is 0 Å². The summed E-state index contributed by atoms with van der Waals surface area (Å²) < 4.78 is 1.71. The van der Waals surface area contributed by atoms with Crippen molar-refractivity contribution in [2.45, 2.75) is 32.3 Å². The molecular weight excluding hydrogens is 232 g/mol. The van der Waals surface area contributed by atoms with Gasteiger partial charge < -0.3 is 5.11 Å². The van der Waals surface area contributed by atoms with E-state index in [1.165, 1.54) is 4.88 Å². The smallest absolute Gasteiger partial charge is 0.116 e. The molecule has 3 nitrogen and oxygen atoms in total. The van der Waals surface area contributed by atoms with Crippen LogP contribution in [0.2, 0.25) is 0 Å². The third-order valence-corrected chi connectivity index (χ3v) is 4.24. The summed E-state index contributed by atoms with van der Waals surface area (Å²) in [6.07, 6.45) is 2.99. The highest BCUT2D eigenvalue weighted by molar-refractivity contribution is 7.12. The molecule has 0 radical (unpaired) electrons. The molecule has 0 saturated carbocycles. The molecule has 1 unspecified atom stereocenters. The summed E-state index contributed by atoms with van der Waals surface area (Å²) in [7, 11) is 1.85. The maximum absolute atomic E-state index is 10.2. The average molecular weight is 250 g/mol. The molecule has 2 aromatic heterocycles. The first-order valence-corrected chi connectivity index (χ1v) is 6.46. The number of nitrogens with zero attached hydrogens (tertiary/aromatic N) is 2. The number of aliphatic hydroxyl groups is 1. The zero-order chi connectivity index (χ0) is 12.6. The van der Waals surface area contributed by atoms with Crippen LogP contribution in [-0.2, 0) is 12.5 Å². The number of rotatable bonds is 2. The van der Waals surface area contributed by atoms with Crippen molar-refractivity contribution in [2.24, 2.45) is 7.05 Å². The molecule has 2 aromatic rings. The normalized spacial score (nSPS) is 13.9. The second-order valence-corrected chi connectivity index (χ2v) is 6.42. The molecule has 2 rings (SSSR count). The fourth-order valence-electron chi connectivity index (χ4n) is 1.65. The SMILES string of the molecule is Cn1cc(C(O)c2ccc(C(C)(C)C)s2)cn1. The molecule has 1 atom stereocenters. The van der Waals surface area contributed by atoms with Gasteiger partial charge in [0.2, 0.25) is 0 Å². The van der Waals surface area contributed by atoms with Gasteiger partial charge in [0.15, 0.2) is 0 Å². The fourth-order valence-corrected chi connectivity index (χ4v) is 2.73. The van der Waals surface area contributed by atoms with Gasteiger partial charge in [-0.15, -0.1) is 11.3 Å². The van der Waals surface area contributed by atoms with E-state index in [1.807, 2.05) is 19.3 Å². The quantitative estimate of drug-likeness (QED) is 0.890. The lowest BCUT2D eigenvalue weighted by Crippen LogP contribution is -2.07. The van der Waals surface area contributed by atoms with Crippen LogP contribution < -0.4 is 0 Å². The topological polar surface area (TPSA) is 38.0 Å². The minimum absolute atomic E-state index is 0.136. The van der Waals surface area contributed by atoms with E-state index < -0.39 is 6.10 Å². The van der Waals surface area contributed by atoms with Crippen molar-refractivity contribution >= 4 is 11.3 Å². The molecule has 17 heavy (non-hydrogen) atoms. The molecule has 0 fully saturated rings. The van der Waals surface area contributed by atoms with E-state index in [-0.39, 0.29) is 5.41 Å². The number of aromatic nitrogens is 2. The van der Waals surface area contributed by atoms with E-state index in [4.69, 9.17) is 0 Å². The summed E-state index contributed by atoms with van der Waals surface area (Å²) in [4.78, 5) is 2.26. The van der Waals surface area contributed by atoms with Gasteiger partial charge in [-0.3, -0.25) is 4.68 Å². The fraction of sp³-hybridized carbons (Fsp3) is 0.462. The monoisotopic (exact) mass is 250 g/mol. The van der Waals surface area contributed by atoms with Gasteiger partial charge in [0.25, 0.3) is 0 Å². The number of aliphatic hydroxyl groups excluding tert-OH is 1. The molecule has 2 heterocycles. The predicted molar refractivity (Wildman–Crippen MR) is 70.3 cm³/mol. The highest BCUT2D eigenvalue weighted by Crippen LogP contribution is 2.34. The Morgan fingerprint density at radius 1 is 1.35 bits per heavy atom. The predicted octanol–water partition coefficient (Wildman–Crippen LogP) is 2.86. The summed E-state index contributed by atoms with van der Waals surface area (Å²) in [5.74, 6) is 0. The van der Waals surface area contributed by atoms with Crippen LogP contribution >= 0.6 is 11.3 Å². The first-order chi connectivity index (χ1) is 7.88. The van der Waals surface area contributed by atoms with Crippen LogP contribution in [0.5, 0.6) is 0 Å². The molecule has 0 amide bonds. The average Bonchev–Trinajstić information content (AvgIpc) is 2.83. The number of thiophene rings is 1. The van der Waals surface area contributed by atoms with Crippen LogP contribution in [0.4, 0.5) is 0 Å². The van der Waals surface area contributed by atoms with Gasteiger partial charge in [0.1, 0.15) is 6.10 Å². The molecule has 0 spiro atoms. The van der Waals surface area contributed by atoms with Gasteiger partial charge in [-0.1, -0.05) is 20.8 Å². The van der Waals surface area contributed by atoms with E-state index in [0.29, 0.717) is 0 Å². The number of hydrogen-bond donors (Lipinski definition) is 1. The Labute approximate surface area is 106 Å². The first kappa shape index (κ1) is 12.3. The highest BCUT2D eigenvalue weighted by Gasteiger charge is 2.20. The van der Waals surface area contributed by atoms with Gasteiger partial charge in [-0.05, 0) is 17.5 Å². The Morgan fingerprint density at radius 2 is 2.06 bits per heavy atom. The van der Waals surface area contributed by atoms with Gasteiger partial charge in [-0.2, -0.15) is 5.10 Å². The Hall–Kier alpha value is -1.13. The molecule has 4 heteroatoms. The zero-order valence-corrected chi connectivity index (χ0v) is 11.5. The lowest BCUT2D eigenvalue weighted by molar-refractivity contribution is 0.224. The van der Waals surface area contributed by atoms with Crippen molar-refractivity contribution in [1.29, 1.82) is 0 Å². The Morgan fingerprint density at radius 3 is 2.53 bits per heavy atom. The Kier molecular flexibility index (Phi) is 3.10. The van der Waals surface area contributed by atoms with Crippen LogP contribution in [0.1, 0.15) is 42.2 Å². The standard InChI is InChI=1S/C13H18N2OS/c1-13(2,3)11-6-5-10(17-11)12(16)9-7-14-15(4)8-9/h5-8,12,16H,1-4H3. The number of aryl methyl sites for hydroxylation is 1. The molecule has 92 valence electrons. The van der Waals surface area contributed by atoms with E-state index in [1.54, 1.807) is 22.2 Å².